The topological polar surface area (TPSA) is 34.2 Å². The molecule has 78 valence electrons. The summed E-state index contributed by atoms with van der Waals surface area (Å²) in [6.45, 7) is 8.56. The molecule has 0 aromatic carbocycles. The van der Waals surface area contributed by atoms with Gasteiger partial charge in [-0.25, -0.2) is 4.98 Å². The van der Waals surface area contributed by atoms with Gasteiger partial charge in [0.1, 0.15) is 0 Å². The van der Waals surface area contributed by atoms with Crippen LogP contribution in [-0.2, 0) is 6.54 Å². The van der Waals surface area contributed by atoms with E-state index in [-0.39, 0.29) is 0 Å². The second-order valence-electron chi connectivity index (χ2n) is 3.17. The Kier molecular flexibility index (Phi) is 4.40. The minimum atomic E-state index is 0.664. The maximum Gasteiger partial charge on any atom is 0.213 e. The number of hydrogen-bond acceptors (Lipinski definition) is 3. The van der Waals surface area contributed by atoms with Crippen molar-refractivity contribution in [2.75, 3.05) is 13.2 Å². The minimum absolute atomic E-state index is 0.664. The Morgan fingerprint density at radius 1 is 1.36 bits per heavy atom. The lowest BCUT2D eigenvalue weighted by Gasteiger charge is -2.07. The molecule has 0 fully saturated rings. The summed E-state index contributed by atoms with van der Waals surface area (Å²) in [7, 11) is 0. The van der Waals surface area contributed by atoms with Crippen LogP contribution in [0.2, 0.25) is 0 Å². The first-order chi connectivity index (χ1) is 6.76. The van der Waals surface area contributed by atoms with E-state index in [4.69, 9.17) is 4.74 Å². The van der Waals surface area contributed by atoms with Crippen LogP contribution in [0.5, 0.6) is 5.88 Å². The Morgan fingerprint density at radius 2 is 2.14 bits per heavy atom. The number of aryl methyl sites for hydroxylation is 1. The molecule has 1 N–H and O–H groups in total. The molecule has 1 rings (SSSR count). The maximum atomic E-state index is 5.37. The first kappa shape index (κ1) is 11.0. The van der Waals surface area contributed by atoms with Gasteiger partial charge in [0.05, 0.1) is 6.61 Å². The zero-order chi connectivity index (χ0) is 10.4. The lowest BCUT2D eigenvalue weighted by molar-refractivity contribution is 0.325. The average molecular weight is 194 g/mol. The molecule has 0 amide bonds. The maximum absolute atomic E-state index is 5.37. The van der Waals surface area contributed by atoms with E-state index in [9.17, 15) is 0 Å². The van der Waals surface area contributed by atoms with E-state index in [0.717, 1.165) is 24.7 Å². The molecule has 3 heteroatoms. The van der Waals surface area contributed by atoms with Gasteiger partial charge in [0.15, 0.2) is 0 Å². The molecule has 3 nitrogen and oxygen atoms in total. The summed E-state index contributed by atoms with van der Waals surface area (Å²) in [6, 6.07) is 4.06. The Labute approximate surface area is 85.5 Å². The number of hydrogen-bond donors (Lipinski definition) is 1. The third kappa shape index (κ3) is 3.34. The van der Waals surface area contributed by atoms with E-state index in [1.807, 2.05) is 19.9 Å². The van der Waals surface area contributed by atoms with E-state index in [1.54, 1.807) is 0 Å². The normalized spacial score (nSPS) is 10.2. The van der Waals surface area contributed by atoms with Crippen molar-refractivity contribution in [3.8, 4) is 5.88 Å². The molecule has 1 aromatic heterocycles. The van der Waals surface area contributed by atoms with Crippen LogP contribution in [0, 0.1) is 6.92 Å². The van der Waals surface area contributed by atoms with Gasteiger partial charge in [-0.15, -0.1) is 0 Å². The second kappa shape index (κ2) is 5.60. The Bertz CT molecular complexity index is 287. The first-order valence-electron chi connectivity index (χ1n) is 5.07. The van der Waals surface area contributed by atoms with Crippen molar-refractivity contribution in [2.24, 2.45) is 0 Å². The number of pyridine rings is 1. The number of ether oxygens (including phenoxy) is 1. The molecular weight excluding hydrogens is 176 g/mol. The van der Waals surface area contributed by atoms with E-state index in [2.05, 4.69) is 23.3 Å². The van der Waals surface area contributed by atoms with Crippen LogP contribution in [0.25, 0.3) is 0 Å². The zero-order valence-corrected chi connectivity index (χ0v) is 9.13. The van der Waals surface area contributed by atoms with Gasteiger partial charge in [0.2, 0.25) is 5.88 Å². The molecule has 0 unspecified atom stereocenters. The second-order valence-corrected chi connectivity index (χ2v) is 3.17. The molecule has 0 saturated carbocycles. The van der Waals surface area contributed by atoms with Crippen LogP contribution in [-0.4, -0.2) is 18.1 Å². The van der Waals surface area contributed by atoms with Gasteiger partial charge in [-0.05, 0) is 32.0 Å². The average Bonchev–Trinajstić information content (AvgIpc) is 2.14. The van der Waals surface area contributed by atoms with E-state index < -0.39 is 0 Å². The first-order valence-corrected chi connectivity index (χ1v) is 5.07. The van der Waals surface area contributed by atoms with Gasteiger partial charge in [-0.2, -0.15) is 0 Å². The summed E-state index contributed by atoms with van der Waals surface area (Å²) in [6.07, 6.45) is 0. The van der Waals surface area contributed by atoms with E-state index in [1.165, 1.54) is 5.56 Å². The summed E-state index contributed by atoms with van der Waals surface area (Å²) in [4.78, 5) is 4.28. The molecule has 0 atom stereocenters. The fraction of sp³-hybridized carbons (Fsp3) is 0.545. The molecule has 1 aromatic rings. The number of aromatic nitrogens is 1. The fourth-order valence-electron chi connectivity index (χ4n) is 1.30. The van der Waals surface area contributed by atoms with Crippen LogP contribution in [0.3, 0.4) is 0 Å². The minimum Gasteiger partial charge on any atom is -0.478 e. The summed E-state index contributed by atoms with van der Waals surface area (Å²) >= 11 is 0. The number of rotatable bonds is 5. The molecule has 1 heterocycles. The van der Waals surface area contributed by atoms with Crippen LogP contribution in [0.4, 0.5) is 0 Å². The van der Waals surface area contributed by atoms with Crippen molar-refractivity contribution in [1.82, 2.24) is 10.3 Å². The molecule has 14 heavy (non-hydrogen) atoms. The SMILES string of the molecule is CCNCc1cc(C)nc(OCC)c1. The van der Waals surface area contributed by atoms with E-state index >= 15 is 0 Å². The predicted molar refractivity (Wildman–Crippen MR) is 57.5 cm³/mol. The van der Waals surface area contributed by atoms with Crippen molar-refractivity contribution in [2.45, 2.75) is 27.3 Å². The van der Waals surface area contributed by atoms with Crippen LogP contribution >= 0.6 is 0 Å². The van der Waals surface area contributed by atoms with Gasteiger partial charge in [0, 0.05) is 18.3 Å². The quantitative estimate of drug-likeness (QED) is 0.777. The van der Waals surface area contributed by atoms with Crippen molar-refractivity contribution < 1.29 is 4.74 Å². The Hall–Kier alpha value is -1.09. The van der Waals surface area contributed by atoms with Crippen molar-refractivity contribution in [3.05, 3.63) is 23.4 Å². The van der Waals surface area contributed by atoms with Gasteiger partial charge < -0.3 is 10.1 Å². The standard InChI is InChI=1S/C11H18N2O/c1-4-12-8-10-6-9(3)13-11(7-10)14-5-2/h6-7,12H,4-5,8H2,1-3H3. The largest absolute Gasteiger partial charge is 0.478 e. The highest BCUT2D eigenvalue weighted by molar-refractivity contribution is 5.24. The van der Waals surface area contributed by atoms with Crippen molar-refractivity contribution in [1.29, 1.82) is 0 Å². The molecular formula is C11H18N2O. The number of nitrogens with zero attached hydrogens (tertiary/aromatic N) is 1. The summed E-state index contributed by atoms with van der Waals surface area (Å²) in [5.74, 6) is 0.723. The zero-order valence-electron chi connectivity index (χ0n) is 9.13. The van der Waals surface area contributed by atoms with Gasteiger partial charge >= 0.3 is 0 Å². The van der Waals surface area contributed by atoms with Crippen LogP contribution < -0.4 is 10.1 Å². The fourth-order valence-corrected chi connectivity index (χ4v) is 1.30. The Morgan fingerprint density at radius 3 is 2.79 bits per heavy atom. The molecule has 0 aliphatic rings. The smallest absolute Gasteiger partial charge is 0.213 e. The third-order valence-electron chi connectivity index (χ3n) is 1.86. The lowest BCUT2D eigenvalue weighted by Crippen LogP contribution is -2.12. The van der Waals surface area contributed by atoms with Gasteiger partial charge in [0.25, 0.3) is 0 Å². The van der Waals surface area contributed by atoms with Crippen molar-refractivity contribution in [3.63, 3.8) is 0 Å². The van der Waals surface area contributed by atoms with Crippen LogP contribution in [0.15, 0.2) is 12.1 Å². The highest BCUT2D eigenvalue weighted by Crippen LogP contribution is 2.12. The van der Waals surface area contributed by atoms with Gasteiger partial charge in [-0.3, -0.25) is 0 Å². The summed E-state index contributed by atoms with van der Waals surface area (Å²) < 4.78 is 5.37. The highest BCUT2D eigenvalue weighted by atomic mass is 16.5. The highest BCUT2D eigenvalue weighted by Gasteiger charge is 1.99. The van der Waals surface area contributed by atoms with E-state index in [0.29, 0.717) is 6.61 Å². The molecule has 0 radical (unpaired) electrons. The number of nitrogens with one attached hydrogen (secondary N) is 1. The molecule has 0 saturated heterocycles. The third-order valence-corrected chi connectivity index (χ3v) is 1.86. The summed E-state index contributed by atoms with van der Waals surface area (Å²) in [5, 5.41) is 3.28. The molecule has 0 spiro atoms. The molecule has 0 bridgehead atoms. The predicted octanol–water partition coefficient (Wildman–Crippen LogP) is 1.90. The lowest BCUT2D eigenvalue weighted by atomic mass is 10.2. The van der Waals surface area contributed by atoms with Crippen LogP contribution in [0.1, 0.15) is 25.1 Å². The monoisotopic (exact) mass is 194 g/mol. The van der Waals surface area contributed by atoms with Gasteiger partial charge in [-0.1, -0.05) is 6.92 Å². The molecule has 0 aliphatic carbocycles. The van der Waals surface area contributed by atoms with Crippen molar-refractivity contribution >= 4 is 0 Å². The summed E-state index contributed by atoms with van der Waals surface area (Å²) in [5.41, 5.74) is 2.23. The Balaban J connectivity index is 2.73. The molecule has 0 aliphatic heterocycles.